The molecule has 1 aliphatic rings. The average molecular weight is 241 g/mol. The van der Waals surface area contributed by atoms with Gasteiger partial charge in [-0.25, -0.2) is 0 Å². The Morgan fingerprint density at radius 1 is 1.29 bits per heavy atom. The number of carbonyl (C=O) groups is 1. The number of ether oxygens (including phenoxy) is 1. The summed E-state index contributed by atoms with van der Waals surface area (Å²) in [6.07, 6.45) is 7.26. The number of carbonyl (C=O) groups excluding carboxylic acids is 1. The monoisotopic (exact) mass is 241 g/mol. The van der Waals surface area contributed by atoms with Gasteiger partial charge in [0, 0.05) is 0 Å². The van der Waals surface area contributed by atoms with Crippen LogP contribution < -0.4 is 5.32 Å². The van der Waals surface area contributed by atoms with Gasteiger partial charge in [-0.15, -0.1) is 0 Å². The first-order valence-corrected chi connectivity index (χ1v) is 6.96. The Morgan fingerprint density at radius 2 is 1.94 bits per heavy atom. The van der Waals surface area contributed by atoms with Crippen LogP contribution in [0.15, 0.2) is 0 Å². The van der Waals surface area contributed by atoms with E-state index in [9.17, 15) is 4.79 Å². The van der Waals surface area contributed by atoms with E-state index in [0.717, 1.165) is 25.8 Å². The smallest absolute Gasteiger partial charge is 0.323 e. The predicted molar refractivity (Wildman–Crippen MR) is 69.8 cm³/mol. The fourth-order valence-electron chi connectivity index (χ4n) is 2.56. The molecule has 1 N–H and O–H groups in total. The van der Waals surface area contributed by atoms with Crippen LogP contribution in [0.25, 0.3) is 0 Å². The van der Waals surface area contributed by atoms with Crippen LogP contribution >= 0.6 is 0 Å². The van der Waals surface area contributed by atoms with Crippen molar-refractivity contribution in [2.24, 2.45) is 11.8 Å². The van der Waals surface area contributed by atoms with Crippen molar-refractivity contribution in [3.05, 3.63) is 0 Å². The summed E-state index contributed by atoms with van der Waals surface area (Å²) in [5.74, 6) is 1.07. The molecule has 0 radical (unpaired) electrons. The molecule has 0 aromatic carbocycles. The number of hydrogen-bond acceptors (Lipinski definition) is 3. The summed E-state index contributed by atoms with van der Waals surface area (Å²) >= 11 is 0. The van der Waals surface area contributed by atoms with E-state index < -0.39 is 0 Å². The third-order valence-corrected chi connectivity index (χ3v) is 3.66. The Bertz CT molecular complexity index is 222. The van der Waals surface area contributed by atoms with Gasteiger partial charge in [0.1, 0.15) is 6.04 Å². The number of rotatable bonds is 6. The summed E-state index contributed by atoms with van der Waals surface area (Å²) in [5, 5.41) is 3.40. The van der Waals surface area contributed by atoms with Crippen molar-refractivity contribution in [3.8, 4) is 0 Å². The first-order chi connectivity index (χ1) is 8.15. The molecule has 1 aliphatic carbocycles. The molecule has 1 atom stereocenters. The first-order valence-electron chi connectivity index (χ1n) is 6.96. The van der Waals surface area contributed by atoms with E-state index in [1.807, 2.05) is 0 Å². The van der Waals surface area contributed by atoms with Crippen LogP contribution in [-0.4, -0.2) is 25.7 Å². The van der Waals surface area contributed by atoms with Crippen molar-refractivity contribution in [2.75, 3.05) is 13.7 Å². The highest BCUT2D eigenvalue weighted by atomic mass is 16.5. The lowest BCUT2D eigenvalue weighted by Gasteiger charge is -2.29. The molecule has 100 valence electrons. The molecule has 0 amide bonds. The van der Waals surface area contributed by atoms with E-state index in [4.69, 9.17) is 4.74 Å². The molecule has 0 unspecified atom stereocenters. The van der Waals surface area contributed by atoms with Gasteiger partial charge < -0.3 is 10.1 Å². The standard InChI is InChI=1S/C14H27NO2/c1-11(2)9-10-15-13(14(16)17-3)12-7-5-4-6-8-12/h11-13,15H,4-10H2,1-3H3/t13-/m0/s1. The summed E-state index contributed by atoms with van der Waals surface area (Å²) < 4.78 is 4.92. The zero-order valence-corrected chi connectivity index (χ0v) is 11.5. The fraction of sp³-hybridized carbons (Fsp3) is 0.929. The van der Waals surface area contributed by atoms with Gasteiger partial charge in [0.15, 0.2) is 0 Å². The van der Waals surface area contributed by atoms with Crippen LogP contribution in [0.2, 0.25) is 0 Å². The Balaban J connectivity index is 2.44. The molecule has 17 heavy (non-hydrogen) atoms. The van der Waals surface area contributed by atoms with Gasteiger partial charge in [-0.3, -0.25) is 4.79 Å². The molecule has 3 heteroatoms. The molecule has 1 rings (SSSR count). The van der Waals surface area contributed by atoms with Gasteiger partial charge in [-0.05, 0) is 37.6 Å². The average Bonchev–Trinajstić information content (AvgIpc) is 2.34. The minimum atomic E-state index is -0.0842. The third kappa shape index (κ3) is 5.07. The van der Waals surface area contributed by atoms with Crippen LogP contribution in [0, 0.1) is 11.8 Å². The Kier molecular flexibility index (Phi) is 6.56. The molecular formula is C14H27NO2. The number of esters is 1. The molecule has 0 aromatic heterocycles. The summed E-state index contributed by atoms with van der Waals surface area (Å²) in [6.45, 7) is 5.32. The van der Waals surface area contributed by atoms with Gasteiger partial charge in [-0.2, -0.15) is 0 Å². The van der Waals surface area contributed by atoms with E-state index in [2.05, 4.69) is 19.2 Å². The SMILES string of the molecule is COC(=O)[C@@H](NCCC(C)C)C1CCCCC1. The van der Waals surface area contributed by atoms with Gasteiger partial charge in [0.2, 0.25) is 0 Å². The molecular weight excluding hydrogens is 214 g/mol. The molecule has 0 bridgehead atoms. The maximum absolute atomic E-state index is 11.8. The molecule has 0 heterocycles. The van der Waals surface area contributed by atoms with Crippen molar-refractivity contribution < 1.29 is 9.53 Å². The molecule has 1 saturated carbocycles. The van der Waals surface area contributed by atoms with E-state index in [1.165, 1.54) is 26.4 Å². The van der Waals surface area contributed by atoms with E-state index >= 15 is 0 Å². The lowest BCUT2D eigenvalue weighted by molar-refractivity contribution is -0.145. The van der Waals surface area contributed by atoms with E-state index in [0.29, 0.717) is 11.8 Å². The maximum Gasteiger partial charge on any atom is 0.323 e. The van der Waals surface area contributed by atoms with Gasteiger partial charge in [0.05, 0.1) is 7.11 Å². The van der Waals surface area contributed by atoms with Gasteiger partial charge in [0.25, 0.3) is 0 Å². The van der Waals surface area contributed by atoms with Crippen LogP contribution in [-0.2, 0) is 9.53 Å². The maximum atomic E-state index is 11.8. The van der Waals surface area contributed by atoms with Crippen molar-refractivity contribution >= 4 is 5.97 Å². The number of methoxy groups -OCH3 is 1. The van der Waals surface area contributed by atoms with Gasteiger partial charge in [-0.1, -0.05) is 33.1 Å². The normalized spacial score (nSPS) is 19.3. The fourth-order valence-corrected chi connectivity index (χ4v) is 2.56. The topological polar surface area (TPSA) is 38.3 Å². The quantitative estimate of drug-likeness (QED) is 0.727. The lowest BCUT2D eigenvalue weighted by atomic mass is 9.84. The van der Waals surface area contributed by atoms with Crippen molar-refractivity contribution in [3.63, 3.8) is 0 Å². The van der Waals surface area contributed by atoms with E-state index in [1.54, 1.807) is 0 Å². The highest BCUT2D eigenvalue weighted by Crippen LogP contribution is 2.27. The summed E-state index contributed by atoms with van der Waals surface area (Å²) in [6, 6.07) is -0.0842. The van der Waals surface area contributed by atoms with Gasteiger partial charge >= 0.3 is 5.97 Å². The highest BCUT2D eigenvalue weighted by molar-refractivity contribution is 5.76. The minimum Gasteiger partial charge on any atom is -0.468 e. The van der Waals surface area contributed by atoms with Crippen LogP contribution in [0.5, 0.6) is 0 Å². The summed E-state index contributed by atoms with van der Waals surface area (Å²) in [7, 11) is 1.49. The van der Waals surface area contributed by atoms with Crippen molar-refractivity contribution in [2.45, 2.75) is 58.4 Å². The Morgan fingerprint density at radius 3 is 2.47 bits per heavy atom. The number of hydrogen-bond donors (Lipinski definition) is 1. The lowest BCUT2D eigenvalue weighted by Crippen LogP contribution is -2.44. The largest absolute Gasteiger partial charge is 0.468 e. The van der Waals surface area contributed by atoms with Crippen molar-refractivity contribution in [1.82, 2.24) is 5.32 Å². The molecule has 3 nitrogen and oxygen atoms in total. The summed E-state index contributed by atoms with van der Waals surface area (Å²) in [4.78, 5) is 11.8. The molecule has 0 aliphatic heterocycles. The zero-order valence-electron chi connectivity index (χ0n) is 11.5. The van der Waals surface area contributed by atoms with Crippen LogP contribution in [0.1, 0.15) is 52.4 Å². The number of nitrogens with one attached hydrogen (secondary N) is 1. The Hall–Kier alpha value is -0.570. The second-order valence-electron chi connectivity index (χ2n) is 5.54. The first kappa shape index (κ1) is 14.5. The molecule has 0 spiro atoms. The second kappa shape index (κ2) is 7.70. The van der Waals surface area contributed by atoms with Crippen molar-refractivity contribution in [1.29, 1.82) is 0 Å². The van der Waals surface area contributed by atoms with Crippen LogP contribution in [0.3, 0.4) is 0 Å². The Labute approximate surface area is 105 Å². The third-order valence-electron chi connectivity index (χ3n) is 3.66. The van der Waals surface area contributed by atoms with Crippen LogP contribution in [0.4, 0.5) is 0 Å². The molecule has 1 fully saturated rings. The highest BCUT2D eigenvalue weighted by Gasteiger charge is 2.29. The summed E-state index contributed by atoms with van der Waals surface area (Å²) in [5.41, 5.74) is 0. The predicted octanol–water partition coefficient (Wildman–Crippen LogP) is 2.74. The molecule has 0 aromatic rings. The molecule has 0 saturated heterocycles. The zero-order chi connectivity index (χ0) is 12.7. The second-order valence-corrected chi connectivity index (χ2v) is 5.54. The minimum absolute atomic E-state index is 0.0827. The van der Waals surface area contributed by atoms with E-state index in [-0.39, 0.29) is 12.0 Å².